The Labute approximate surface area is 213 Å². The van der Waals surface area contributed by atoms with Gasteiger partial charge < -0.3 is 5.11 Å². The van der Waals surface area contributed by atoms with Crippen molar-refractivity contribution in [1.29, 1.82) is 0 Å². The van der Waals surface area contributed by atoms with E-state index < -0.39 is 5.97 Å². The number of hydrogen-bond donors (Lipinski definition) is 1. The van der Waals surface area contributed by atoms with Crippen LogP contribution < -0.4 is 0 Å². The molecule has 0 aliphatic carbocycles. The summed E-state index contributed by atoms with van der Waals surface area (Å²) in [4.78, 5) is 10.4. The highest BCUT2D eigenvalue weighted by molar-refractivity contribution is 5.66. The first kappa shape index (κ1) is 32.7. The average molecular weight is 475 g/mol. The van der Waals surface area contributed by atoms with Crippen LogP contribution in [0.4, 0.5) is 0 Å². The molecule has 0 aliphatic heterocycles. The molecule has 0 aliphatic rings. The van der Waals surface area contributed by atoms with Gasteiger partial charge in [-0.05, 0) is 38.5 Å². The Hall–Kier alpha value is -1.31. The Balaban J connectivity index is 3.12. The molecule has 0 aromatic carbocycles. The fourth-order valence-electron chi connectivity index (χ4n) is 4.37. The summed E-state index contributed by atoms with van der Waals surface area (Å²) in [5.74, 6) is -0.653. The molecule has 0 fully saturated rings. The Bertz CT molecular complexity index is 489. The number of allylic oxidation sites excluding steroid dienone is 6. The summed E-state index contributed by atoms with van der Waals surface area (Å²) in [5.41, 5.74) is 0. The van der Waals surface area contributed by atoms with Crippen molar-refractivity contribution < 1.29 is 9.90 Å². The van der Waals surface area contributed by atoms with Crippen LogP contribution in [0.3, 0.4) is 0 Å². The largest absolute Gasteiger partial charge is 0.481 e. The lowest BCUT2D eigenvalue weighted by Gasteiger charge is -2.04. The first-order chi connectivity index (χ1) is 16.8. The van der Waals surface area contributed by atoms with Gasteiger partial charge >= 0.3 is 5.97 Å². The molecule has 1 N–H and O–H groups in total. The Morgan fingerprint density at radius 3 is 1.18 bits per heavy atom. The van der Waals surface area contributed by atoms with Gasteiger partial charge in [-0.2, -0.15) is 0 Å². The summed E-state index contributed by atoms with van der Waals surface area (Å²) >= 11 is 0. The quantitative estimate of drug-likeness (QED) is 0.0949. The highest BCUT2D eigenvalue weighted by atomic mass is 16.4. The van der Waals surface area contributed by atoms with E-state index in [1.54, 1.807) is 0 Å². The van der Waals surface area contributed by atoms with E-state index in [1.165, 1.54) is 116 Å². The van der Waals surface area contributed by atoms with Crippen LogP contribution in [0.5, 0.6) is 0 Å². The lowest BCUT2D eigenvalue weighted by Crippen LogP contribution is -1.93. The zero-order valence-electron chi connectivity index (χ0n) is 22.8. The monoisotopic (exact) mass is 474 g/mol. The number of aliphatic carboxylic acids is 1. The topological polar surface area (TPSA) is 37.3 Å². The zero-order chi connectivity index (χ0) is 24.8. The molecular weight excluding hydrogens is 416 g/mol. The Kier molecular flexibility index (Phi) is 28.6. The predicted molar refractivity (Wildman–Crippen MR) is 152 cm³/mol. The number of hydrogen-bond acceptors (Lipinski definition) is 1. The van der Waals surface area contributed by atoms with Crippen molar-refractivity contribution >= 4 is 5.97 Å². The summed E-state index contributed by atoms with van der Waals surface area (Å²) in [5, 5.41) is 8.61. The van der Waals surface area contributed by atoms with E-state index in [4.69, 9.17) is 5.11 Å². The van der Waals surface area contributed by atoms with E-state index in [0.717, 1.165) is 32.1 Å². The third kappa shape index (κ3) is 30.7. The molecule has 0 rings (SSSR count). The molecule has 0 radical (unpaired) electrons. The van der Waals surface area contributed by atoms with Crippen molar-refractivity contribution in [2.45, 2.75) is 161 Å². The van der Waals surface area contributed by atoms with Gasteiger partial charge in [-0.3, -0.25) is 4.79 Å². The van der Waals surface area contributed by atoms with Gasteiger partial charge in [0.15, 0.2) is 0 Å². The highest BCUT2D eigenvalue weighted by Gasteiger charge is 1.97. The minimum Gasteiger partial charge on any atom is -0.481 e. The highest BCUT2D eigenvalue weighted by Crippen LogP contribution is 2.15. The summed E-state index contributed by atoms with van der Waals surface area (Å²) < 4.78 is 0. The van der Waals surface area contributed by atoms with Gasteiger partial charge in [-0.15, -0.1) is 0 Å². The van der Waals surface area contributed by atoms with Crippen LogP contribution in [0.2, 0.25) is 0 Å². The van der Waals surface area contributed by atoms with Gasteiger partial charge in [0, 0.05) is 6.42 Å². The second-order valence-electron chi connectivity index (χ2n) is 9.94. The van der Waals surface area contributed by atoms with Crippen LogP contribution in [-0.2, 0) is 4.79 Å². The maximum Gasteiger partial charge on any atom is 0.303 e. The maximum absolute atomic E-state index is 10.4. The van der Waals surface area contributed by atoms with Gasteiger partial charge in [-0.25, -0.2) is 0 Å². The van der Waals surface area contributed by atoms with E-state index in [9.17, 15) is 4.79 Å². The standard InChI is InChI=1S/C32H58O2/c1-2-3-4-5-6-7-8-9-10-11-12-13-14-15-16-17-18-19-20-21-22-23-24-25-26-27-28-29-30-31-32(33)34/h3-4,6-7,9-10H,2,5,8,11-31H2,1H3,(H,33,34)/b4-3-,7-6-,10-9-. The third-order valence-corrected chi connectivity index (χ3v) is 6.54. The SMILES string of the molecule is CC/C=C\C/C=C\C/C=C\CCCCCCCCCCCCCCCCCCCCCC(=O)O. The molecule has 0 amide bonds. The molecule has 198 valence electrons. The number of carbonyl (C=O) groups is 1. The summed E-state index contributed by atoms with van der Waals surface area (Å²) in [6.45, 7) is 2.18. The van der Waals surface area contributed by atoms with Crippen LogP contribution >= 0.6 is 0 Å². The van der Waals surface area contributed by atoms with Crippen LogP contribution in [-0.4, -0.2) is 11.1 Å². The van der Waals surface area contributed by atoms with Gasteiger partial charge in [0.1, 0.15) is 0 Å². The Morgan fingerprint density at radius 1 is 0.471 bits per heavy atom. The fraction of sp³-hybridized carbons (Fsp3) is 0.781. The van der Waals surface area contributed by atoms with Crippen molar-refractivity contribution in [1.82, 2.24) is 0 Å². The second-order valence-corrected chi connectivity index (χ2v) is 9.94. The molecule has 2 nitrogen and oxygen atoms in total. The first-order valence-electron chi connectivity index (χ1n) is 14.9. The molecular formula is C32H58O2. The van der Waals surface area contributed by atoms with Crippen LogP contribution in [0.25, 0.3) is 0 Å². The van der Waals surface area contributed by atoms with Gasteiger partial charge in [0.25, 0.3) is 0 Å². The zero-order valence-corrected chi connectivity index (χ0v) is 22.8. The summed E-state index contributed by atoms with van der Waals surface area (Å²) in [6.07, 6.45) is 44.1. The maximum atomic E-state index is 10.4. The predicted octanol–water partition coefficient (Wildman–Crippen LogP) is 11.1. The lowest BCUT2D eigenvalue weighted by molar-refractivity contribution is -0.137. The molecule has 0 aromatic rings. The lowest BCUT2D eigenvalue weighted by atomic mass is 10.0. The number of rotatable bonds is 27. The minimum atomic E-state index is -0.653. The molecule has 0 bridgehead atoms. The molecule has 0 unspecified atom stereocenters. The van der Waals surface area contributed by atoms with E-state index in [0.29, 0.717) is 6.42 Å². The normalized spacial score (nSPS) is 12.0. The summed E-state index contributed by atoms with van der Waals surface area (Å²) in [6, 6.07) is 0. The number of carboxylic acids is 1. The molecule has 0 aromatic heterocycles. The van der Waals surface area contributed by atoms with Crippen molar-refractivity contribution in [2.24, 2.45) is 0 Å². The molecule has 0 atom stereocenters. The smallest absolute Gasteiger partial charge is 0.303 e. The molecule has 0 spiro atoms. The van der Waals surface area contributed by atoms with Crippen molar-refractivity contribution in [3.8, 4) is 0 Å². The number of carboxylic acid groups (broad SMARTS) is 1. The Morgan fingerprint density at radius 2 is 0.794 bits per heavy atom. The second kappa shape index (κ2) is 29.7. The van der Waals surface area contributed by atoms with E-state index in [2.05, 4.69) is 43.4 Å². The average Bonchev–Trinajstić information content (AvgIpc) is 2.83. The molecule has 34 heavy (non-hydrogen) atoms. The molecule has 0 heterocycles. The molecule has 0 saturated carbocycles. The van der Waals surface area contributed by atoms with Crippen LogP contribution in [0.15, 0.2) is 36.5 Å². The minimum absolute atomic E-state index is 0.342. The van der Waals surface area contributed by atoms with Crippen molar-refractivity contribution in [3.63, 3.8) is 0 Å². The number of unbranched alkanes of at least 4 members (excludes halogenated alkanes) is 19. The fourth-order valence-corrected chi connectivity index (χ4v) is 4.37. The molecule has 2 heteroatoms. The van der Waals surface area contributed by atoms with Crippen LogP contribution in [0.1, 0.15) is 161 Å². The van der Waals surface area contributed by atoms with E-state index >= 15 is 0 Å². The van der Waals surface area contributed by atoms with E-state index in [1.807, 2.05) is 0 Å². The third-order valence-electron chi connectivity index (χ3n) is 6.54. The molecule has 0 saturated heterocycles. The van der Waals surface area contributed by atoms with Gasteiger partial charge in [-0.1, -0.05) is 153 Å². The van der Waals surface area contributed by atoms with Crippen LogP contribution in [0, 0.1) is 0 Å². The van der Waals surface area contributed by atoms with Gasteiger partial charge in [0.05, 0.1) is 0 Å². The van der Waals surface area contributed by atoms with Crippen molar-refractivity contribution in [3.05, 3.63) is 36.5 Å². The summed E-state index contributed by atoms with van der Waals surface area (Å²) in [7, 11) is 0. The first-order valence-corrected chi connectivity index (χ1v) is 14.9. The van der Waals surface area contributed by atoms with Gasteiger partial charge in [0.2, 0.25) is 0 Å². The van der Waals surface area contributed by atoms with Crippen molar-refractivity contribution in [2.75, 3.05) is 0 Å². The van der Waals surface area contributed by atoms with E-state index in [-0.39, 0.29) is 0 Å².